The molecular weight excluding hydrogens is 342 g/mol. The Morgan fingerprint density at radius 3 is 2.41 bits per heavy atom. The molecule has 0 unspecified atom stereocenters. The first-order chi connectivity index (χ1) is 13.0. The smallest absolute Gasteiger partial charge is 0.273 e. The van der Waals surface area contributed by atoms with Gasteiger partial charge in [-0.2, -0.15) is 0 Å². The van der Waals surface area contributed by atoms with Crippen molar-refractivity contribution in [3.63, 3.8) is 0 Å². The molecule has 146 valence electrons. The summed E-state index contributed by atoms with van der Waals surface area (Å²) in [6, 6.07) is 10.9. The molecule has 0 atom stereocenters. The van der Waals surface area contributed by atoms with E-state index in [0.29, 0.717) is 23.8 Å². The van der Waals surface area contributed by atoms with Crippen LogP contribution in [0, 0.1) is 5.92 Å². The van der Waals surface area contributed by atoms with Crippen LogP contribution in [0.15, 0.2) is 40.9 Å². The molecule has 1 N–H and O–H groups in total. The molecule has 27 heavy (non-hydrogen) atoms. The number of amides is 2. The zero-order valence-corrected chi connectivity index (χ0v) is 16.6. The highest BCUT2D eigenvalue weighted by Gasteiger charge is 2.25. The zero-order chi connectivity index (χ0) is 19.8. The standard InChI is InChI=1S/C21H29N3O3/c1-5-17(6-2)24(21(26)16-10-8-7-9-11-16)14-18-12-19(23-27-18)20(25)22-13-15(3)4/h7-12,15,17H,5-6,13-14H2,1-4H3,(H,22,25). The molecule has 1 aromatic carbocycles. The summed E-state index contributed by atoms with van der Waals surface area (Å²) in [5.41, 5.74) is 0.876. The average molecular weight is 371 g/mol. The first kappa shape index (κ1) is 20.7. The Bertz CT molecular complexity index is 736. The van der Waals surface area contributed by atoms with Crippen molar-refractivity contribution in [2.75, 3.05) is 6.54 Å². The molecule has 0 bridgehead atoms. The molecule has 0 saturated heterocycles. The van der Waals surface area contributed by atoms with E-state index in [1.165, 1.54) is 0 Å². The van der Waals surface area contributed by atoms with Gasteiger partial charge in [-0.3, -0.25) is 9.59 Å². The third kappa shape index (κ3) is 5.67. The van der Waals surface area contributed by atoms with Gasteiger partial charge in [0.25, 0.3) is 11.8 Å². The van der Waals surface area contributed by atoms with Crippen LogP contribution in [0.2, 0.25) is 0 Å². The highest BCUT2D eigenvalue weighted by Crippen LogP contribution is 2.18. The monoisotopic (exact) mass is 371 g/mol. The third-order valence-corrected chi connectivity index (χ3v) is 4.45. The second-order valence-electron chi connectivity index (χ2n) is 7.05. The quantitative estimate of drug-likeness (QED) is 0.725. The Morgan fingerprint density at radius 2 is 1.81 bits per heavy atom. The van der Waals surface area contributed by atoms with Crippen LogP contribution in [0.3, 0.4) is 0 Å². The summed E-state index contributed by atoms with van der Waals surface area (Å²) >= 11 is 0. The number of aromatic nitrogens is 1. The topological polar surface area (TPSA) is 75.4 Å². The SMILES string of the molecule is CCC(CC)N(Cc1cc(C(=O)NCC(C)C)no1)C(=O)c1ccccc1. The van der Waals surface area contributed by atoms with E-state index in [9.17, 15) is 9.59 Å². The van der Waals surface area contributed by atoms with Crippen molar-refractivity contribution in [2.24, 2.45) is 5.92 Å². The Kier molecular flexibility index (Phi) is 7.58. The van der Waals surface area contributed by atoms with E-state index in [1.54, 1.807) is 11.0 Å². The maximum Gasteiger partial charge on any atom is 0.273 e. The molecule has 6 heteroatoms. The van der Waals surface area contributed by atoms with Gasteiger partial charge in [-0.05, 0) is 30.9 Å². The molecule has 0 radical (unpaired) electrons. The van der Waals surface area contributed by atoms with Crippen molar-refractivity contribution < 1.29 is 14.1 Å². The van der Waals surface area contributed by atoms with Gasteiger partial charge in [0.05, 0.1) is 6.54 Å². The molecule has 1 heterocycles. The minimum absolute atomic E-state index is 0.0495. The third-order valence-electron chi connectivity index (χ3n) is 4.45. The summed E-state index contributed by atoms with van der Waals surface area (Å²) in [6.07, 6.45) is 1.68. The second kappa shape index (κ2) is 9.90. The number of carbonyl (C=O) groups excluding carboxylic acids is 2. The molecule has 0 fully saturated rings. The molecule has 1 aromatic heterocycles. The van der Waals surface area contributed by atoms with Gasteiger partial charge in [0, 0.05) is 24.2 Å². The van der Waals surface area contributed by atoms with Gasteiger partial charge < -0.3 is 14.7 Å². The van der Waals surface area contributed by atoms with Crippen molar-refractivity contribution in [1.82, 2.24) is 15.4 Å². The van der Waals surface area contributed by atoms with Crippen LogP contribution in [0.5, 0.6) is 0 Å². The number of carbonyl (C=O) groups is 2. The van der Waals surface area contributed by atoms with Gasteiger partial charge in [0.1, 0.15) is 0 Å². The predicted molar refractivity (Wildman–Crippen MR) is 104 cm³/mol. The van der Waals surface area contributed by atoms with Crippen LogP contribution in [0.4, 0.5) is 0 Å². The lowest BCUT2D eigenvalue weighted by Crippen LogP contribution is -2.39. The molecular formula is C21H29N3O3. The van der Waals surface area contributed by atoms with Crippen molar-refractivity contribution >= 4 is 11.8 Å². The number of hydrogen-bond donors (Lipinski definition) is 1. The zero-order valence-electron chi connectivity index (χ0n) is 16.6. The van der Waals surface area contributed by atoms with Crippen LogP contribution in [0.25, 0.3) is 0 Å². The van der Waals surface area contributed by atoms with E-state index >= 15 is 0 Å². The first-order valence-electron chi connectivity index (χ1n) is 9.56. The van der Waals surface area contributed by atoms with E-state index in [2.05, 4.69) is 24.3 Å². The number of benzene rings is 1. The maximum atomic E-state index is 13.0. The van der Waals surface area contributed by atoms with Gasteiger partial charge in [-0.25, -0.2) is 0 Å². The minimum Gasteiger partial charge on any atom is -0.359 e. The van der Waals surface area contributed by atoms with Crippen LogP contribution >= 0.6 is 0 Å². The lowest BCUT2D eigenvalue weighted by Gasteiger charge is -2.29. The Labute approximate surface area is 160 Å². The Balaban J connectivity index is 2.16. The summed E-state index contributed by atoms with van der Waals surface area (Å²) in [5.74, 6) is 0.545. The Hall–Kier alpha value is -2.63. The fourth-order valence-electron chi connectivity index (χ4n) is 2.89. The van der Waals surface area contributed by atoms with Crippen LogP contribution in [0.1, 0.15) is 67.1 Å². The number of nitrogens with zero attached hydrogens (tertiary/aromatic N) is 2. The number of hydrogen-bond acceptors (Lipinski definition) is 4. The fourth-order valence-corrected chi connectivity index (χ4v) is 2.89. The highest BCUT2D eigenvalue weighted by molar-refractivity contribution is 5.94. The Morgan fingerprint density at radius 1 is 1.15 bits per heavy atom. The number of nitrogens with one attached hydrogen (secondary N) is 1. The lowest BCUT2D eigenvalue weighted by molar-refractivity contribution is 0.0627. The number of rotatable bonds is 9. The molecule has 0 aliphatic rings. The van der Waals surface area contributed by atoms with E-state index in [0.717, 1.165) is 12.8 Å². The molecule has 6 nitrogen and oxygen atoms in total. The van der Waals surface area contributed by atoms with Gasteiger partial charge in [0.15, 0.2) is 11.5 Å². The molecule has 0 aliphatic heterocycles. The van der Waals surface area contributed by atoms with E-state index in [-0.39, 0.29) is 30.1 Å². The summed E-state index contributed by atoms with van der Waals surface area (Å²) in [6.45, 7) is 9.03. The van der Waals surface area contributed by atoms with Crippen molar-refractivity contribution in [3.05, 3.63) is 53.4 Å². The summed E-state index contributed by atoms with van der Waals surface area (Å²) < 4.78 is 5.34. The first-order valence-corrected chi connectivity index (χ1v) is 9.56. The maximum absolute atomic E-state index is 13.0. The van der Waals surface area contributed by atoms with Crippen LogP contribution in [-0.2, 0) is 6.54 Å². The van der Waals surface area contributed by atoms with E-state index in [4.69, 9.17) is 4.52 Å². The van der Waals surface area contributed by atoms with Crippen molar-refractivity contribution in [2.45, 2.75) is 53.1 Å². The summed E-state index contributed by atoms with van der Waals surface area (Å²) in [5, 5.41) is 6.68. The summed E-state index contributed by atoms with van der Waals surface area (Å²) in [7, 11) is 0. The largest absolute Gasteiger partial charge is 0.359 e. The van der Waals surface area contributed by atoms with Crippen LogP contribution < -0.4 is 5.32 Å². The molecule has 2 aromatic rings. The fraction of sp³-hybridized carbons (Fsp3) is 0.476. The second-order valence-corrected chi connectivity index (χ2v) is 7.05. The molecule has 2 amide bonds. The van der Waals surface area contributed by atoms with Crippen molar-refractivity contribution in [3.8, 4) is 0 Å². The average Bonchev–Trinajstić information content (AvgIpc) is 3.15. The van der Waals surface area contributed by atoms with E-state index < -0.39 is 0 Å². The molecule has 2 rings (SSSR count). The minimum atomic E-state index is -0.262. The normalized spacial score (nSPS) is 11.0. The van der Waals surface area contributed by atoms with Crippen molar-refractivity contribution in [1.29, 1.82) is 0 Å². The molecule has 0 aliphatic carbocycles. The van der Waals surface area contributed by atoms with Gasteiger partial charge in [-0.15, -0.1) is 0 Å². The highest BCUT2D eigenvalue weighted by atomic mass is 16.5. The van der Waals surface area contributed by atoms with Crippen LogP contribution in [-0.4, -0.2) is 34.5 Å². The van der Waals surface area contributed by atoms with Gasteiger partial charge in [0.2, 0.25) is 0 Å². The molecule has 0 saturated carbocycles. The summed E-state index contributed by atoms with van der Waals surface area (Å²) in [4.78, 5) is 26.9. The van der Waals surface area contributed by atoms with E-state index in [1.807, 2.05) is 44.2 Å². The van der Waals surface area contributed by atoms with Gasteiger partial charge in [-0.1, -0.05) is 51.1 Å². The lowest BCUT2D eigenvalue weighted by atomic mass is 10.1. The van der Waals surface area contributed by atoms with Gasteiger partial charge >= 0.3 is 0 Å². The molecule has 0 spiro atoms. The predicted octanol–water partition coefficient (Wildman–Crippen LogP) is 3.89.